The molecular weight excluding hydrogens is 180 g/mol. The van der Waals surface area contributed by atoms with Crippen LogP contribution in [-0.2, 0) is 12.0 Å². The molecule has 0 aromatic carbocycles. The molecule has 1 aromatic heterocycles. The lowest BCUT2D eigenvalue weighted by atomic mass is 9.92. The quantitative estimate of drug-likeness (QED) is 0.775. The van der Waals surface area contributed by atoms with Gasteiger partial charge in [-0.2, -0.15) is 0 Å². The summed E-state index contributed by atoms with van der Waals surface area (Å²) in [5, 5.41) is 2.18. The fourth-order valence-corrected chi connectivity index (χ4v) is 3.24. The standard InChI is InChI=1S/C10H16N2S/c1-12(2)10(7-11)5-3-9-8(10)4-6-13-9/h4,6H,3,5,7,11H2,1-2H3. The zero-order valence-electron chi connectivity index (χ0n) is 8.21. The summed E-state index contributed by atoms with van der Waals surface area (Å²) in [6.07, 6.45) is 2.38. The maximum Gasteiger partial charge on any atom is 0.0593 e. The summed E-state index contributed by atoms with van der Waals surface area (Å²) >= 11 is 1.86. The number of aryl methyl sites for hydroxylation is 1. The Bertz CT molecular complexity index is 306. The molecule has 72 valence electrons. The summed E-state index contributed by atoms with van der Waals surface area (Å²) in [4.78, 5) is 3.80. The van der Waals surface area contributed by atoms with Gasteiger partial charge in [-0.3, -0.25) is 4.90 Å². The number of fused-ring (bicyclic) bond motifs is 1. The van der Waals surface area contributed by atoms with Gasteiger partial charge in [0.05, 0.1) is 5.54 Å². The molecule has 3 heteroatoms. The Balaban J connectivity index is 2.45. The molecule has 0 amide bonds. The second-order valence-electron chi connectivity index (χ2n) is 3.89. The minimum absolute atomic E-state index is 0.120. The molecule has 2 N–H and O–H groups in total. The van der Waals surface area contributed by atoms with E-state index in [2.05, 4.69) is 30.4 Å². The second-order valence-corrected chi connectivity index (χ2v) is 4.89. The fraction of sp³-hybridized carbons (Fsp3) is 0.600. The zero-order chi connectivity index (χ0) is 9.47. The van der Waals surface area contributed by atoms with Gasteiger partial charge >= 0.3 is 0 Å². The SMILES string of the molecule is CN(C)C1(CN)CCc2sccc21. The molecule has 0 fully saturated rings. The molecule has 2 rings (SSSR count). The highest BCUT2D eigenvalue weighted by molar-refractivity contribution is 7.10. The number of likely N-dealkylation sites (N-methyl/N-ethyl adjacent to an activating group) is 1. The first-order chi connectivity index (χ1) is 6.20. The maximum atomic E-state index is 5.91. The third kappa shape index (κ3) is 1.15. The summed E-state index contributed by atoms with van der Waals surface area (Å²) in [5.41, 5.74) is 7.49. The van der Waals surface area contributed by atoms with Crippen molar-refractivity contribution in [2.75, 3.05) is 20.6 Å². The molecule has 1 aromatic rings. The van der Waals surface area contributed by atoms with Crippen LogP contribution in [0.5, 0.6) is 0 Å². The van der Waals surface area contributed by atoms with Gasteiger partial charge in [-0.15, -0.1) is 11.3 Å². The van der Waals surface area contributed by atoms with Gasteiger partial charge in [-0.25, -0.2) is 0 Å². The number of hydrogen-bond acceptors (Lipinski definition) is 3. The molecule has 13 heavy (non-hydrogen) atoms. The highest BCUT2D eigenvalue weighted by Gasteiger charge is 2.40. The molecule has 0 saturated heterocycles. The Morgan fingerprint density at radius 2 is 2.38 bits per heavy atom. The van der Waals surface area contributed by atoms with Crippen molar-refractivity contribution in [1.82, 2.24) is 4.90 Å². The number of hydrogen-bond donors (Lipinski definition) is 1. The van der Waals surface area contributed by atoms with Crippen molar-refractivity contribution in [2.24, 2.45) is 5.73 Å². The van der Waals surface area contributed by atoms with Crippen molar-refractivity contribution in [3.63, 3.8) is 0 Å². The van der Waals surface area contributed by atoms with E-state index in [1.165, 1.54) is 23.3 Å². The van der Waals surface area contributed by atoms with Gasteiger partial charge in [0.15, 0.2) is 0 Å². The van der Waals surface area contributed by atoms with Gasteiger partial charge in [0.2, 0.25) is 0 Å². The number of thiophene rings is 1. The molecule has 1 atom stereocenters. The summed E-state index contributed by atoms with van der Waals surface area (Å²) in [7, 11) is 4.25. The average Bonchev–Trinajstić information content (AvgIpc) is 2.62. The molecule has 1 aliphatic carbocycles. The van der Waals surface area contributed by atoms with Crippen molar-refractivity contribution in [3.8, 4) is 0 Å². The predicted octanol–water partition coefficient (Wildman–Crippen LogP) is 1.41. The summed E-state index contributed by atoms with van der Waals surface area (Å²) < 4.78 is 0. The van der Waals surface area contributed by atoms with E-state index in [1.807, 2.05) is 11.3 Å². The smallest absolute Gasteiger partial charge is 0.0593 e. The topological polar surface area (TPSA) is 29.3 Å². The van der Waals surface area contributed by atoms with Crippen molar-refractivity contribution < 1.29 is 0 Å². The van der Waals surface area contributed by atoms with Gasteiger partial charge in [0.25, 0.3) is 0 Å². The zero-order valence-corrected chi connectivity index (χ0v) is 9.03. The molecule has 0 aliphatic heterocycles. The summed E-state index contributed by atoms with van der Waals surface area (Å²) in [6, 6.07) is 2.24. The average molecular weight is 196 g/mol. The van der Waals surface area contributed by atoms with E-state index in [0.29, 0.717) is 0 Å². The molecule has 1 heterocycles. The molecule has 0 spiro atoms. The largest absolute Gasteiger partial charge is 0.328 e. The third-order valence-corrected chi connectivity index (χ3v) is 4.19. The molecule has 1 aliphatic rings. The van der Waals surface area contributed by atoms with E-state index in [-0.39, 0.29) is 5.54 Å². The van der Waals surface area contributed by atoms with Crippen molar-refractivity contribution >= 4 is 11.3 Å². The first kappa shape index (κ1) is 9.19. The summed E-state index contributed by atoms with van der Waals surface area (Å²) in [5.74, 6) is 0. The van der Waals surface area contributed by atoms with E-state index in [0.717, 1.165) is 6.54 Å². The Morgan fingerprint density at radius 1 is 1.62 bits per heavy atom. The van der Waals surface area contributed by atoms with E-state index >= 15 is 0 Å². The van der Waals surface area contributed by atoms with E-state index in [1.54, 1.807) is 0 Å². The first-order valence-corrected chi connectivity index (χ1v) is 5.53. The van der Waals surface area contributed by atoms with Crippen LogP contribution in [0.3, 0.4) is 0 Å². The van der Waals surface area contributed by atoms with Gasteiger partial charge < -0.3 is 5.73 Å². The van der Waals surface area contributed by atoms with Gasteiger partial charge in [-0.1, -0.05) is 0 Å². The van der Waals surface area contributed by atoms with Crippen LogP contribution in [0.25, 0.3) is 0 Å². The van der Waals surface area contributed by atoms with Crippen molar-refractivity contribution in [2.45, 2.75) is 18.4 Å². The van der Waals surface area contributed by atoms with E-state index in [9.17, 15) is 0 Å². The lowest BCUT2D eigenvalue weighted by Crippen LogP contribution is -2.45. The normalized spacial score (nSPS) is 26.8. The number of nitrogens with zero attached hydrogens (tertiary/aromatic N) is 1. The first-order valence-electron chi connectivity index (χ1n) is 4.65. The van der Waals surface area contributed by atoms with E-state index < -0.39 is 0 Å². The fourth-order valence-electron chi connectivity index (χ4n) is 2.26. The molecule has 0 saturated carbocycles. The minimum atomic E-state index is 0.120. The highest BCUT2D eigenvalue weighted by Crippen LogP contribution is 2.42. The second kappa shape index (κ2) is 3.08. The Kier molecular flexibility index (Phi) is 2.18. The van der Waals surface area contributed by atoms with Crippen LogP contribution in [0.4, 0.5) is 0 Å². The lowest BCUT2D eigenvalue weighted by molar-refractivity contribution is 0.161. The lowest BCUT2D eigenvalue weighted by Gasteiger charge is -2.35. The monoisotopic (exact) mass is 196 g/mol. The maximum absolute atomic E-state index is 5.91. The van der Waals surface area contributed by atoms with E-state index in [4.69, 9.17) is 5.73 Å². The van der Waals surface area contributed by atoms with Crippen LogP contribution < -0.4 is 5.73 Å². The minimum Gasteiger partial charge on any atom is -0.328 e. The van der Waals surface area contributed by atoms with Gasteiger partial charge in [-0.05, 0) is 43.9 Å². The Hall–Kier alpha value is -0.380. The molecule has 0 bridgehead atoms. The molecule has 2 nitrogen and oxygen atoms in total. The Labute approximate surface area is 83.4 Å². The van der Waals surface area contributed by atoms with Crippen LogP contribution in [0.2, 0.25) is 0 Å². The van der Waals surface area contributed by atoms with Crippen LogP contribution >= 0.6 is 11.3 Å². The highest BCUT2D eigenvalue weighted by atomic mass is 32.1. The molecular formula is C10H16N2S. The van der Waals surface area contributed by atoms with Crippen molar-refractivity contribution in [1.29, 1.82) is 0 Å². The van der Waals surface area contributed by atoms with Crippen LogP contribution in [0.1, 0.15) is 16.9 Å². The number of nitrogens with two attached hydrogens (primary N) is 1. The van der Waals surface area contributed by atoms with Gasteiger partial charge in [0.1, 0.15) is 0 Å². The predicted molar refractivity (Wildman–Crippen MR) is 57.1 cm³/mol. The van der Waals surface area contributed by atoms with Crippen LogP contribution in [0.15, 0.2) is 11.4 Å². The van der Waals surface area contributed by atoms with Gasteiger partial charge in [0, 0.05) is 11.4 Å². The number of rotatable bonds is 2. The molecule has 0 radical (unpaired) electrons. The molecule has 1 unspecified atom stereocenters. The Morgan fingerprint density at radius 3 is 3.00 bits per heavy atom. The van der Waals surface area contributed by atoms with Crippen LogP contribution in [0, 0.1) is 0 Å². The van der Waals surface area contributed by atoms with Crippen molar-refractivity contribution in [3.05, 3.63) is 21.9 Å². The van der Waals surface area contributed by atoms with Crippen LogP contribution in [-0.4, -0.2) is 25.5 Å². The third-order valence-electron chi connectivity index (χ3n) is 3.21. The summed E-state index contributed by atoms with van der Waals surface area (Å²) in [6.45, 7) is 0.726.